The lowest BCUT2D eigenvalue weighted by molar-refractivity contribution is -0.148. The molecule has 1 heterocycles. The second kappa shape index (κ2) is 3.59. The van der Waals surface area contributed by atoms with Gasteiger partial charge in [-0.3, -0.25) is 4.79 Å². The highest BCUT2D eigenvalue weighted by Gasteiger charge is 2.37. The van der Waals surface area contributed by atoms with Crippen LogP contribution in [0.1, 0.15) is 5.82 Å². The van der Waals surface area contributed by atoms with Gasteiger partial charge in [0.2, 0.25) is 0 Å². The summed E-state index contributed by atoms with van der Waals surface area (Å²) in [5.74, 6) is -1.34. The first-order valence-electron chi connectivity index (χ1n) is 3.59. The molecule has 14 heavy (non-hydrogen) atoms. The van der Waals surface area contributed by atoms with Gasteiger partial charge < -0.3 is 5.43 Å². The van der Waals surface area contributed by atoms with E-state index < -0.39 is 17.6 Å². The maximum Gasteiger partial charge on any atom is 0.453 e. The summed E-state index contributed by atoms with van der Waals surface area (Å²) in [6.45, 7) is 0. The van der Waals surface area contributed by atoms with Crippen molar-refractivity contribution >= 4 is 20.8 Å². The Morgan fingerprint density at radius 2 is 2.00 bits per heavy atom. The van der Waals surface area contributed by atoms with Gasteiger partial charge in [-0.1, -0.05) is 0 Å². The molecule has 0 aliphatic carbocycles. The molecule has 9 heteroatoms. The van der Waals surface area contributed by atoms with Gasteiger partial charge in [0, 0.05) is 11.6 Å². The first-order chi connectivity index (χ1) is 6.38. The third kappa shape index (κ3) is 1.88. The predicted molar refractivity (Wildman–Crippen MR) is 44.8 cm³/mol. The van der Waals surface area contributed by atoms with Gasteiger partial charge in [0.25, 0.3) is 11.4 Å². The van der Waals surface area contributed by atoms with E-state index in [1.807, 2.05) is 0 Å². The van der Waals surface area contributed by atoms with Crippen LogP contribution in [0.25, 0.3) is 0 Å². The van der Waals surface area contributed by atoms with E-state index in [4.69, 9.17) is 0 Å². The van der Waals surface area contributed by atoms with E-state index in [2.05, 4.69) is 15.6 Å². The Morgan fingerprint density at radius 1 is 1.43 bits per heavy atom. The molecule has 0 unspecified atom stereocenters. The summed E-state index contributed by atoms with van der Waals surface area (Å²) in [6, 6.07) is 0. The number of hydrogen-bond acceptors (Lipinski definition) is 4. The van der Waals surface area contributed by atoms with E-state index in [-0.39, 0.29) is 20.8 Å². The molecule has 0 fully saturated rings. The van der Waals surface area contributed by atoms with Crippen LogP contribution in [-0.2, 0) is 6.18 Å². The first-order valence-corrected chi connectivity index (χ1v) is 4.59. The molecule has 76 valence electrons. The lowest BCUT2D eigenvalue weighted by atomic mass is 10.6. The van der Waals surface area contributed by atoms with Gasteiger partial charge in [-0.05, 0) is 0 Å². The fraction of sp³-hybridized carbons (Fsp3) is 0.400. The zero-order chi connectivity index (χ0) is 10.9. The van der Waals surface area contributed by atoms with Gasteiger partial charge in [-0.2, -0.15) is 22.9 Å². The molecule has 0 aliphatic heterocycles. The number of nitrogens with zero attached hydrogens (tertiary/aromatic N) is 3. The highest BCUT2D eigenvalue weighted by molar-refractivity contribution is 6.30. The molecule has 0 radical (unpaired) electrons. The molecule has 1 aromatic rings. The molecule has 0 saturated heterocycles. The van der Waals surface area contributed by atoms with Crippen molar-refractivity contribution in [3.63, 3.8) is 0 Å². The van der Waals surface area contributed by atoms with Crippen molar-refractivity contribution in [2.45, 2.75) is 6.18 Å². The minimum absolute atomic E-state index is 0.0346. The van der Waals surface area contributed by atoms with E-state index in [1.165, 1.54) is 7.05 Å². The van der Waals surface area contributed by atoms with Crippen LogP contribution in [0.2, 0.25) is 0 Å². The van der Waals surface area contributed by atoms with Crippen molar-refractivity contribution in [3.8, 4) is 0 Å². The number of alkyl halides is 3. The second-order valence-electron chi connectivity index (χ2n) is 2.47. The maximum atomic E-state index is 12.3. The molecule has 0 aromatic carbocycles. The number of aromatic nitrogens is 3. The normalized spacial score (nSPS) is 11.4. The Bertz CT molecular complexity index is 401. The maximum absolute atomic E-state index is 12.3. The number of halogens is 3. The fourth-order valence-corrected chi connectivity index (χ4v) is 1.18. The Kier molecular flexibility index (Phi) is 2.82. The molecule has 1 N–H and O–H groups in total. The third-order valence-corrected chi connectivity index (χ3v) is 2.12. The molecule has 0 amide bonds. The van der Waals surface area contributed by atoms with Gasteiger partial charge >= 0.3 is 22.5 Å². The quantitative estimate of drug-likeness (QED) is 0.563. The summed E-state index contributed by atoms with van der Waals surface area (Å²) in [6.07, 6.45) is -4.69. The molecular formula is C5H6AlF3N4O. The number of rotatable bonds is 1. The Morgan fingerprint density at radius 3 is 2.43 bits per heavy atom. The summed E-state index contributed by atoms with van der Waals surface area (Å²) in [4.78, 5) is 11.2. The lowest BCUT2D eigenvalue weighted by Crippen LogP contribution is -2.44. The van der Waals surface area contributed by atoms with E-state index >= 15 is 0 Å². The Hall–Kier alpha value is -1.07. The van der Waals surface area contributed by atoms with Crippen molar-refractivity contribution in [1.82, 2.24) is 14.9 Å². The van der Waals surface area contributed by atoms with Crippen LogP contribution in [-0.4, -0.2) is 38.2 Å². The zero-order valence-electron chi connectivity index (χ0n) is 7.38. The van der Waals surface area contributed by atoms with Crippen molar-refractivity contribution in [1.29, 1.82) is 0 Å². The van der Waals surface area contributed by atoms with E-state index in [0.717, 1.165) is 0 Å². The Labute approximate surface area is 84.3 Å². The highest BCUT2D eigenvalue weighted by atomic mass is 27.0. The van der Waals surface area contributed by atoms with Gasteiger partial charge in [-0.25, -0.2) is 0 Å². The van der Waals surface area contributed by atoms with E-state index in [9.17, 15) is 18.0 Å². The van der Waals surface area contributed by atoms with Crippen LogP contribution in [0.5, 0.6) is 0 Å². The minimum atomic E-state index is -4.69. The average Bonchev–Trinajstić information content (AvgIpc) is 2.07. The van der Waals surface area contributed by atoms with E-state index in [0.29, 0.717) is 4.68 Å². The monoisotopic (exact) mass is 222 g/mol. The molecule has 1 rings (SSSR count). The first kappa shape index (κ1) is 11.0. The van der Waals surface area contributed by atoms with Gasteiger partial charge in [-0.15, -0.1) is 5.10 Å². The van der Waals surface area contributed by atoms with Crippen molar-refractivity contribution in [2.75, 3.05) is 12.5 Å². The molecule has 0 aliphatic rings. The standard InChI is InChI=1S/C5H4F3N4O.Al.2H/c1-9-12-3(13)2-10-11-4(12)5(6,7)8;;;/h9H,1H3;;;. The van der Waals surface area contributed by atoms with Crippen LogP contribution < -0.4 is 15.5 Å². The number of hydrogen-bond donors (Lipinski definition) is 1. The summed E-state index contributed by atoms with van der Waals surface area (Å²) < 4.78 is 37.1. The van der Waals surface area contributed by atoms with Crippen LogP contribution in [0.3, 0.4) is 0 Å². The average molecular weight is 222 g/mol. The van der Waals surface area contributed by atoms with Crippen LogP contribution in [0, 0.1) is 0 Å². The molecule has 1 aromatic heterocycles. The SMILES string of the molecule is CNn1c(C(F)(F)F)nn[c]([AlH2])c1=O. The summed E-state index contributed by atoms with van der Waals surface area (Å²) in [5, 5.41) is 6.11. The molecule has 0 saturated carbocycles. The summed E-state index contributed by atoms with van der Waals surface area (Å²) in [7, 11) is 1.21. The smallest absolute Gasteiger partial charge is 0.324 e. The Balaban J connectivity index is 3.47. The van der Waals surface area contributed by atoms with E-state index in [1.54, 1.807) is 0 Å². The topological polar surface area (TPSA) is 59.8 Å². The zero-order valence-corrected chi connectivity index (χ0v) is 9.38. The van der Waals surface area contributed by atoms with Crippen molar-refractivity contribution in [3.05, 3.63) is 16.2 Å². The molecular weight excluding hydrogens is 216 g/mol. The van der Waals surface area contributed by atoms with Crippen molar-refractivity contribution < 1.29 is 13.2 Å². The molecule has 0 bridgehead atoms. The molecule has 5 nitrogen and oxygen atoms in total. The minimum Gasteiger partial charge on any atom is -0.324 e. The summed E-state index contributed by atoms with van der Waals surface area (Å²) in [5.41, 5.74) is 1.31. The van der Waals surface area contributed by atoms with Crippen LogP contribution in [0.15, 0.2) is 4.79 Å². The fourth-order valence-electron chi connectivity index (χ4n) is 0.859. The second-order valence-corrected chi connectivity index (χ2v) is 3.42. The third-order valence-electron chi connectivity index (χ3n) is 1.50. The number of nitrogens with one attached hydrogen (secondary N) is 1. The summed E-state index contributed by atoms with van der Waals surface area (Å²) >= 11 is 0.250. The lowest BCUT2D eigenvalue weighted by Gasteiger charge is -2.12. The van der Waals surface area contributed by atoms with Crippen LogP contribution >= 0.6 is 0 Å². The van der Waals surface area contributed by atoms with Gasteiger partial charge in [0.15, 0.2) is 0 Å². The van der Waals surface area contributed by atoms with Gasteiger partial charge in [0.1, 0.15) is 0 Å². The molecule has 0 spiro atoms. The largest absolute Gasteiger partial charge is 0.453 e. The van der Waals surface area contributed by atoms with Crippen LogP contribution in [0.4, 0.5) is 13.2 Å². The predicted octanol–water partition coefficient (Wildman–Crippen LogP) is -1.91. The molecule has 0 atom stereocenters. The highest BCUT2D eigenvalue weighted by Crippen LogP contribution is 2.25. The van der Waals surface area contributed by atoms with Crippen molar-refractivity contribution in [2.24, 2.45) is 0 Å². The van der Waals surface area contributed by atoms with Gasteiger partial charge in [0.05, 0.1) is 0 Å².